The van der Waals surface area contributed by atoms with Crippen molar-refractivity contribution in [3.05, 3.63) is 57.0 Å². The van der Waals surface area contributed by atoms with Gasteiger partial charge in [-0.2, -0.15) is 0 Å². The van der Waals surface area contributed by atoms with Gasteiger partial charge in [-0.1, -0.05) is 11.6 Å². The lowest BCUT2D eigenvalue weighted by Crippen LogP contribution is -1.95. The molecule has 0 saturated heterocycles. The Labute approximate surface area is 112 Å². The number of carbonyl (C=O) groups is 1. The van der Waals surface area contributed by atoms with Crippen LogP contribution in [0.15, 0.2) is 34.7 Å². The molecular weight excluding hydrogens is 274 g/mol. The van der Waals surface area contributed by atoms with Crippen LogP contribution in [-0.4, -0.2) is 11.2 Å². The number of halogens is 1. The number of carbonyl (C=O) groups excluding carboxylic acids is 1. The predicted molar refractivity (Wildman–Crippen MR) is 66.5 cm³/mol. The van der Waals surface area contributed by atoms with Crippen LogP contribution in [0.2, 0.25) is 5.02 Å². The first-order chi connectivity index (χ1) is 9.10. The van der Waals surface area contributed by atoms with Crippen LogP contribution in [0, 0.1) is 10.1 Å². The van der Waals surface area contributed by atoms with E-state index in [-0.39, 0.29) is 23.1 Å². The summed E-state index contributed by atoms with van der Waals surface area (Å²) in [4.78, 5) is 20.4. The standard InChI is InChI=1S/C12H8ClNO5/c13-11-5-8(3-4-12(11)14(16)17)18-7-10-2-1-9(6-15)19-10/h1-6H,7H2. The number of hydrogen-bond acceptors (Lipinski definition) is 5. The van der Waals surface area contributed by atoms with Crippen molar-refractivity contribution in [1.29, 1.82) is 0 Å². The highest BCUT2D eigenvalue weighted by Gasteiger charge is 2.12. The molecule has 6 nitrogen and oxygen atoms in total. The first kappa shape index (κ1) is 13.1. The maximum atomic E-state index is 10.6. The number of hydrogen-bond donors (Lipinski definition) is 0. The normalized spacial score (nSPS) is 10.2. The van der Waals surface area contributed by atoms with Crippen LogP contribution >= 0.6 is 11.6 Å². The monoisotopic (exact) mass is 281 g/mol. The van der Waals surface area contributed by atoms with E-state index >= 15 is 0 Å². The fourth-order valence-electron chi connectivity index (χ4n) is 1.42. The summed E-state index contributed by atoms with van der Waals surface area (Å²) in [6, 6.07) is 7.18. The van der Waals surface area contributed by atoms with Crippen molar-refractivity contribution < 1.29 is 18.9 Å². The lowest BCUT2D eigenvalue weighted by atomic mass is 10.3. The summed E-state index contributed by atoms with van der Waals surface area (Å²) in [5.41, 5.74) is -0.185. The fourth-order valence-corrected chi connectivity index (χ4v) is 1.65. The van der Waals surface area contributed by atoms with Crippen LogP contribution in [-0.2, 0) is 6.61 Å². The van der Waals surface area contributed by atoms with Gasteiger partial charge in [0.15, 0.2) is 12.0 Å². The molecule has 0 spiro atoms. The average Bonchev–Trinajstić information content (AvgIpc) is 2.84. The number of rotatable bonds is 5. The van der Waals surface area contributed by atoms with E-state index in [1.54, 1.807) is 6.07 Å². The molecule has 0 fully saturated rings. The van der Waals surface area contributed by atoms with Crippen molar-refractivity contribution in [2.24, 2.45) is 0 Å². The van der Waals surface area contributed by atoms with Gasteiger partial charge in [-0.25, -0.2) is 0 Å². The van der Waals surface area contributed by atoms with Crippen LogP contribution in [0.4, 0.5) is 5.69 Å². The second-order valence-electron chi connectivity index (χ2n) is 3.58. The lowest BCUT2D eigenvalue weighted by Gasteiger charge is -2.04. The zero-order valence-electron chi connectivity index (χ0n) is 9.54. The number of aldehydes is 1. The van der Waals surface area contributed by atoms with E-state index in [9.17, 15) is 14.9 Å². The first-order valence-electron chi connectivity index (χ1n) is 5.21. The Morgan fingerprint density at radius 3 is 2.74 bits per heavy atom. The Morgan fingerprint density at radius 1 is 1.37 bits per heavy atom. The Morgan fingerprint density at radius 2 is 2.16 bits per heavy atom. The van der Waals surface area contributed by atoms with E-state index in [2.05, 4.69) is 0 Å². The molecule has 0 amide bonds. The number of ether oxygens (including phenoxy) is 1. The highest BCUT2D eigenvalue weighted by Crippen LogP contribution is 2.28. The summed E-state index contributed by atoms with van der Waals surface area (Å²) in [6.45, 7) is 0.0992. The van der Waals surface area contributed by atoms with E-state index < -0.39 is 4.92 Å². The summed E-state index contributed by atoms with van der Waals surface area (Å²) >= 11 is 5.74. The highest BCUT2D eigenvalue weighted by atomic mass is 35.5. The third-order valence-electron chi connectivity index (χ3n) is 2.30. The largest absolute Gasteiger partial charge is 0.486 e. The molecule has 0 saturated carbocycles. The summed E-state index contributed by atoms with van der Waals surface area (Å²) in [5.74, 6) is 1.05. The minimum absolute atomic E-state index is 0.00414. The van der Waals surface area contributed by atoms with Crippen molar-refractivity contribution in [2.45, 2.75) is 6.61 Å². The van der Waals surface area contributed by atoms with Crippen molar-refractivity contribution >= 4 is 23.6 Å². The second-order valence-corrected chi connectivity index (χ2v) is 3.99. The summed E-state index contributed by atoms with van der Waals surface area (Å²) in [6.07, 6.45) is 0.590. The third-order valence-corrected chi connectivity index (χ3v) is 2.60. The van der Waals surface area contributed by atoms with E-state index in [1.165, 1.54) is 24.3 Å². The maximum absolute atomic E-state index is 10.6. The molecular formula is C12H8ClNO5. The van der Waals surface area contributed by atoms with E-state index in [1.807, 2.05) is 0 Å². The molecule has 0 aliphatic rings. The molecule has 7 heteroatoms. The number of nitro benzene ring substituents is 1. The molecule has 19 heavy (non-hydrogen) atoms. The minimum atomic E-state index is -0.574. The van der Waals surface area contributed by atoms with Crippen LogP contribution in [0.1, 0.15) is 16.3 Å². The van der Waals surface area contributed by atoms with Gasteiger partial charge in [0, 0.05) is 12.1 Å². The van der Waals surface area contributed by atoms with Crippen LogP contribution in [0.3, 0.4) is 0 Å². The summed E-state index contributed by atoms with van der Waals surface area (Å²) < 4.78 is 10.5. The molecule has 0 N–H and O–H groups in total. The topological polar surface area (TPSA) is 82.6 Å². The van der Waals surface area contributed by atoms with E-state index in [4.69, 9.17) is 20.8 Å². The third kappa shape index (κ3) is 3.11. The Hall–Kier alpha value is -2.34. The van der Waals surface area contributed by atoms with Gasteiger partial charge in [0.05, 0.1) is 4.92 Å². The smallest absolute Gasteiger partial charge is 0.288 e. The van der Waals surface area contributed by atoms with Gasteiger partial charge >= 0.3 is 0 Å². The molecule has 98 valence electrons. The predicted octanol–water partition coefficient (Wildman–Crippen LogP) is 3.23. The fraction of sp³-hybridized carbons (Fsp3) is 0.0833. The van der Waals surface area contributed by atoms with Gasteiger partial charge in [-0.15, -0.1) is 0 Å². The number of nitrogens with zero attached hydrogens (tertiary/aromatic N) is 1. The maximum Gasteiger partial charge on any atom is 0.288 e. The molecule has 1 aromatic heterocycles. The molecule has 0 aliphatic carbocycles. The minimum Gasteiger partial charge on any atom is -0.486 e. The Kier molecular flexibility index (Phi) is 3.82. The Bertz CT molecular complexity index is 622. The first-order valence-corrected chi connectivity index (χ1v) is 5.58. The number of furan rings is 1. The second kappa shape index (κ2) is 5.53. The van der Waals surface area contributed by atoms with E-state index in [0.717, 1.165) is 0 Å². The van der Waals surface area contributed by atoms with Gasteiger partial charge in [0.1, 0.15) is 23.1 Å². The van der Waals surface area contributed by atoms with Gasteiger partial charge in [0.2, 0.25) is 0 Å². The van der Waals surface area contributed by atoms with Gasteiger partial charge in [-0.3, -0.25) is 14.9 Å². The molecule has 1 heterocycles. The van der Waals surface area contributed by atoms with Crippen LogP contribution in [0.25, 0.3) is 0 Å². The van der Waals surface area contributed by atoms with Crippen molar-refractivity contribution in [3.8, 4) is 5.75 Å². The van der Waals surface area contributed by atoms with Crippen molar-refractivity contribution in [3.63, 3.8) is 0 Å². The lowest BCUT2D eigenvalue weighted by molar-refractivity contribution is -0.384. The molecule has 0 aliphatic heterocycles. The summed E-state index contributed by atoms with van der Waals surface area (Å²) in [5, 5.41) is 10.6. The molecule has 2 aromatic rings. The summed E-state index contributed by atoms with van der Waals surface area (Å²) in [7, 11) is 0. The molecule has 2 rings (SSSR count). The van der Waals surface area contributed by atoms with Gasteiger partial charge < -0.3 is 9.15 Å². The number of nitro groups is 1. The number of benzene rings is 1. The zero-order chi connectivity index (χ0) is 13.8. The van der Waals surface area contributed by atoms with Crippen LogP contribution < -0.4 is 4.74 Å². The molecule has 0 bridgehead atoms. The van der Waals surface area contributed by atoms with Crippen molar-refractivity contribution in [2.75, 3.05) is 0 Å². The molecule has 0 atom stereocenters. The zero-order valence-corrected chi connectivity index (χ0v) is 10.3. The van der Waals surface area contributed by atoms with Gasteiger partial charge in [-0.05, 0) is 18.2 Å². The van der Waals surface area contributed by atoms with E-state index in [0.29, 0.717) is 17.8 Å². The van der Waals surface area contributed by atoms with Gasteiger partial charge in [0.25, 0.3) is 5.69 Å². The average molecular weight is 282 g/mol. The quantitative estimate of drug-likeness (QED) is 0.477. The van der Waals surface area contributed by atoms with Crippen molar-refractivity contribution in [1.82, 2.24) is 0 Å². The highest BCUT2D eigenvalue weighted by molar-refractivity contribution is 6.32. The Balaban J connectivity index is 2.05. The van der Waals surface area contributed by atoms with Crippen LogP contribution in [0.5, 0.6) is 5.75 Å². The SMILES string of the molecule is O=Cc1ccc(COc2ccc([N+](=O)[O-])c(Cl)c2)o1. The molecule has 0 radical (unpaired) electrons. The molecule has 1 aromatic carbocycles. The molecule has 0 unspecified atom stereocenters.